The summed E-state index contributed by atoms with van der Waals surface area (Å²) in [5.74, 6) is -0.985. The molecule has 8 nitrogen and oxygen atoms in total. The van der Waals surface area contributed by atoms with Crippen LogP contribution in [0.15, 0.2) is 48.8 Å². The van der Waals surface area contributed by atoms with Crippen LogP contribution < -0.4 is 5.32 Å². The number of aromatic nitrogens is 1. The van der Waals surface area contributed by atoms with Crippen LogP contribution in [0.4, 0.5) is 5.69 Å². The van der Waals surface area contributed by atoms with Crippen molar-refractivity contribution in [1.29, 1.82) is 0 Å². The van der Waals surface area contributed by atoms with Crippen LogP contribution in [0.25, 0.3) is 0 Å². The number of nitrogens with one attached hydrogen (secondary N) is 1. The normalized spacial score (nSPS) is 11.4. The van der Waals surface area contributed by atoms with Gasteiger partial charge < -0.3 is 10.1 Å². The van der Waals surface area contributed by atoms with E-state index in [4.69, 9.17) is 0 Å². The van der Waals surface area contributed by atoms with Gasteiger partial charge in [-0.05, 0) is 17.7 Å². The molecule has 1 N–H and O–H groups in total. The van der Waals surface area contributed by atoms with Crippen molar-refractivity contribution >= 4 is 17.6 Å². The van der Waals surface area contributed by atoms with Crippen LogP contribution in [0, 0.1) is 10.1 Å². The number of rotatable bonds is 6. The molecule has 2 aromatic rings. The number of nitro benzene ring substituents is 1. The zero-order valence-electron chi connectivity index (χ0n) is 12.8. The Morgan fingerprint density at radius 2 is 2.12 bits per heavy atom. The molecule has 24 heavy (non-hydrogen) atoms. The number of methoxy groups -OCH3 is 1. The molecule has 1 unspecified atom stereocenters. The summed E-state index contributed by atoms with van der Waals surface area (Å²) >= 11 is 0. The van der Waals surface area contributed by atoms with E-state index in [0.717, 1.165) is 0 Å². The first-order valence-electron chi connectivity index (χ1n) is 7.03. The smallest absolute Gasteiger partial charge is 0.307 e. The number of esters is 1. The van der Waals surface area contributed by atoms with E-state index >= 15 is 0 Å². The summed E-state index contributed by atoms with van der Waals surface area (Å²) in [5.41, 5.74) is 0.627. The molecule has 124 valence electrons. The van der Waals surface area contributed by atoms with Crippen molar-refractivity contribution in [1.82, 2.24) is 10.3 Å². The Labute approximate surface area is 137 Å². The van der Waals surface area contributed by atoms with Crippen molar-refractivity contribution < 1.29 is 19.2 Å². The summed E-state index contributed by atoms with van der Waals surface area (Å²) in [6.45, 7) is 0. The zero-order valence-corrected chi connectivity index (χ0v) is 12.8. The minimum absolute atomic E-state index is 0.127. The number of hydrogen-bond acceptors (Lipinski definition) is 6. The fraction of sp³-hybridized carbons (Fsp3) is 0.188. The van der Waals surface area contributed by atoms with Gasteiger partial charge in [0.15, 0.2) is 0 Å². The standard InChI is InChI=1S/C16H15N3O5/c1-24-15(20)9-14(11-4-2-6-13(8-11)19(22)23)18-16(21)12-5-3-7-17-10-12/h2-8,10,14H,9H2,1H3,(H,18,21). The van der Waals surface area contributed by atoms with Gasteiger partial charge in [0.2, 0.25) is 0 Å². The third-order valence-electron chi connectivity index (χ3n) is 3.31. The van der Waals surface area contributed by atoms with Gasteiger partial charge in [-0.1, -0.05) is 12.1 Å². The Morgan fingerprint density at radius 1 is 1.33 bits per heavy atom. The van der Waals surface area contributed by atoms with Crippen molar-refractivity contribution in [3.05, 3.63) is 70.0 Å². The Morgan fingerprint density at radius 3 is 2.75 bits per heavy atom. The molecule has 1 amide bonds. The molecule has 1 aromatic carbocycles. The molecule has 0 radical (unpaired) electrons. The molecule has 0 fully saturated rings. The molecule has 0 spiro atoms. The highest BCUT2D eigenvalue weighted by Crippen LogP contribution is 2.22. The highest BCUT2D eigenvalue weighted by atomic mass is 16.6. The van der Waals surface area contributed by atoms with E-state index in [-0.39, 0.29) is 12.1 Å². The number of hydrogen-bond donors (Lipinski definition) is 1. The summed E-state index contributed by atoms with van der Waals surface area (Å²) < 4.78 is 4.63. The average molecular weight is 329 g/mol. The fourth-order valence-corrected chi connectivity index (χ4v) is 2.10. The first-order valence-corrected chi connectivity index (χ1v) is 7.03. The van der Waals surface area contributed by atoms with Crippen LogP contribution in [0.1, 0.15) is 28.4 Å². The first kappa shape index (κ1) is 17.1. The van der Waals surface area contributed by atoms with Crippen LogP contribution in [-0.4, -0.2) is 28.9 Å². The van der Waals surface area contributed by atoms with E-state index < -0.39 is 22.8 Å². The van der Waals surface area contributed by atoms with Gasteiger partial charge in [0.1, 0.15) is 0 Å². The summed E-state index contributed by atoms with van der Waals surface area (Å²) in [5, 5.41) is 13.6. The van der Waals surface area contributed by atoms with Crippen molar-refractivity contribution in [2.45, 2.75) is 12.5 Å². The second-order valence-corrected chi connectivity index (χ2v) is 4.90. The quantitative estimate of drug-likeness (QED) is 0.493. The van der Waals surface area contributed by atoms with E-state index in [1.807, 2.05) is 0 Å². The maximum Gasteiger partial charge on any atom is 0.307 e. The molecule has 1 heterocycles. The van der Waals surface area contributed by atoms with E-state index in [9.17, 15) is 19.7 Å². The Kier molecular flexibility index (Phi) is 5.56. The molecule has 2 rings (SSSR count). The molecule has 0 aliphatic rings. The molecular formula is C16H15N3O5. The zero-order chi connectivity index (χ0) is 17.5. The molecule has 0 saturated heterocycles. The molecule has 0 saturated carbocycles. The number of nitrogens with zero attached hydrogens (tertiary/aromatic N) is 2. The van der Waals surface area contributed by atoms with E-state index in [0.29, 0.717) is 11.1 Å². The monoisotopic (exact) mass is 329 g/mol. The molecule has 0 aliphatic heterocycles. The number of pyridine rings is 1. The minimum Gasteiger partial charge on any atom is -0.469 e. The molecule has 1 atom stereocenters. The Bertz CT molecular complexity index is 748. The molecule has 8 heteroatoms. The van der Waals surface area contributed by atoms with Crippen LogP contribution >= 0.6 is 0 Å². The number of amides is 1. The lowest BCUT2D eigenvalue weighted by molar-refractivity contribution is -0.384. The fourth-order valence-electron chi connectivity index (χ4n) is 2.10. The van der Waals surface area contributed by atoms with Crippen LogP contribution in [0.3, 0.4) is 0 Å². The van der Waals surface area contributed by atoms with Crippen LogP contribution in [0.5, 0.6) is 0 Å². The van der Waals surface area contributed by atoms with E-state index in [1.54, 1.807) is 18.2 Å². The predicted octanol–water partition coefficient (Wildman–Crippen LogP) is 2.02. The molecule has 1 aromatic heterocycles. The van der Waals surface area contributed by atoms with Crippen LogP contribution in [-0.2, 0) is 9.53 Å². The van der Waals surface area contributed by atoms with Gasteiger partial charge >= 0.3 is 5.97 Å². The van der Waals surface area contributed by atoms with Crippen LogP contribution in [0.2, 0.25) is 0 Å². The van der Waals surface area contributed by atoms with Crippen molar-refractivity contribution in [3.8, 4) is 0 Å². The SMILES string of the molecule is COC(=O)CC(NC(=O)c1cccnc1)c1cccc([N+](=O)[O-])c1. The molecular weight excluding hydrogens is 314 g/mol. The van der Waals surface area contributed by atoms with Crippen molar-refractivity contribution in [2.24, 2.45) is 0 Å². The lowest BCUT2D eigenvalue weighted by Gasteiger charge is -2.18. The molecule has 0 aliphatic carbocycles. The van der Waals surface area contributed by atoms with E-state index in [2.05, 4.69) is 15.0 Å². The summed E-state index contributed by atoms with van der Waals surface area (Å²) in [6, 6.07) is 8.17. The second-order valence-electron chi connectivity index (χ2n) is 4.90. The average Bonchev–Trinajstić information content (AvgIpc) is 2.61. The number of carbonyl (C=O) groups is 2. The van der Waals surface area contributed by atoms with Gasteiger partial charge in [-0.2, -0.15) is 0 Å². The van der Waals surface area contributed by atoms with Gasteiger partial charge in [0, 0.05) is 24.5 Å². The largest absolute Gasteiger partial charge is 0.469 e. The second kappa shape index (κ2) is 7.82. The van der Waals surface area contributed by atoms with Crippen molar-refractivity contribution in [3.63, 3.8) is 0 Å². The number of nitro groups is 1. The van der Waals surface area contributed by atoms with Gasteiger partial charge in [-0.15, -0.1) is 0 Å². The highest BCUT2D eigenvalue weighted by molar-refractivity contribution is 5.94. The van der Waals surface area contributed by atoms with Crippen molar-refractivity contribution in [2.75, 3.05) is 7.11 Å². The lowest BCUT2D eigenvalue weighted by Crippen LogP contribution is -2.30. The van der Waals surface area contributed by atoms with Gasteiger partial charge in [-0.25, -0.2) is 0 Å². The minimum atomic E-state index is -0.759. The third kappa shape index (κ3) is 4.35. The maximum atomic E-state index is 12.3. The molecule has 0 bridgehead atoms. The summed E-state index contributed by atoms with van der Waals surface area (Å²) in [6.07, 6.45) is 2.77. The number of non-ortho nitro benzene ring substituents is 1. The van der Waals surface area contributed by atoms with Gasteiger partial charge in [0.25, 0.3) is 11.6 Å². The summed E-state index contributed by atoms with van der Waals surface area (Å²) in [7, 11) is 1.23. The van der Waals surface area contributed by atoms with Gasteiger partial charge in [0.05, 0.1) is 30.1 Å². The topological polar surface area (TPSA) is 111 Å². The lowest BCUT2D eigenvalue weighted by atomic mass is 10.0. The third-order valence-corrected chi connectivity index (χ3v) is 3.31. The maximum absolute atomic E-state index is 12.3. The van der Waals surface area contributed by atoms with E-state index in [1.165, 1.54) is 37.7 Å². The Balaban J connectivity index is 2.27. The first-order chi connectivity index (χ1) is 11.5. The van der Waals surface area contributed by atoms with Gasteiger partial charge in [-0.3, -0.25) is 24.7 Å². The number of ether oxygens (including phenoxy) is 1. The highest BCUT2D eigenvalue weighted by Gasteiger charge is 2.21. The predicted molar refractivity (Wildman–Crippen MR) is 84.2 cm³/mol. The summed E-state index contributed by atoms with van der Waals surface area (Å²) in [4.78, 5) is 38.1. The Hall–Kier alpha value is -3.29. The number of benzene rings is 1. The number of carbonyl (C=O) groups excluding carboxylic acids is 2.